The highest BCUT2D eigenvalue weighted by atomic mass is 16.6. The topological polar surface area (TPSA) is 58.8 Å². The number of ether oxygens (including phenoxy) is 1. The molecule has 0 atom stereocenters. The fourth-order valence-corrected chi connectivity index (χ4v) is 2.57. The Morgan fingerprint density at radius 3 is 2.55 bits per heavy atom. The number of benzene rings is 1. The van der Waals surface area contributed by atoms with Crippen LogP contribution in [0.2, 0.25) is 0 Å². The predicted octanol–water partition coefficient (Wildman–Crippen LogP) is 2.14. The Balaban J connectivity index is 2.15. The zero-order valence-corrected chi connectivity index (χ0v) is 12.0. The summed E-state index contributed by atoms with van der Waals surface area (Å²) in [5, 5.41) is 11.2. The van der Waals surface area contributed by atoms with E-state index in [4.69, 9.17) is 4.74 Å². The molecule has 0 aromatic heterocycles. The van der Waals surface area contributed by atoms with Gasteiger partial charge >= 0.3 is 0 Å². The maximum Gasteiger partial charge on any atom is 0.296 e. The summed E-state index contributed by atoms with van der Waals surface area (Å²) in [7, 11) is 1.52. The first-order valence-electron chi connectivity index (χ1n) is 6.95. The first-order valence-corrected chi connectivity index (χ1v) is 6.95. The molecule has 20 heavy (non-hydrogen) atoms. The molecule has 0 unspecified atom stereocenters. The fraction of sp³-hybridized carbons (Fsp3) is 0.571. The van der Waals surface area contributed by atoms with Crippen LogP contribution in [-0.4, -0.2) is 49.7 Å². The van der Waals surface area contributed by atoms with Gasteiger partial charge in [-0.25, -0.2) is 0 Å². The standard InChI is InChI=1S/C14H21N3O3/c1-3-6-15-7-9-16(10-8-15)13-5-4-12(20-2)11-14(13)17(18)19/h4-5,11H,3,6-10H2,1-2H3. The first-order chi connectivity index (χ1) is 9.65. The SMILES string of the molecule is CCCN1CCN(c2ccc(OC)cc2[N+](=O)[O-])CC1. The van der Waals surface area contributed by atoms with Crippen LogP contribution in [-0.2, 0) is 0 Å². The second-order valence-corrected chi connectivity index (χ2v) is 4.94. The van der Waals surface area contributed by atoms with Gasteiger partial charge in [0, 0.05) is 26.2 Å². The van der Waals surface area contributed by atoms with E-state index < -0.39 is 0 Å². The van der Waals surface area contributed by atoms with Gasteiger partial charge in [-0.05, 0) is 25.1 Å². The summed E-state index contributed by atoms with van der Waals surface area (Å²) in [5.41, 5.74) is 0.806. The summed E-state index contributed by atoms with van der Waals surface area (Å²) < 4.78 is 5.07. The minimum atomic E-state index is -0.337. The van der Waals surface area contributed by atoms with Gasteiger partial charge in [0.15, 0.2) is 0 Å². The third-order valence-electron chi connectivity index (χ3n) is 3.63. The Hall–Kier alpha value is -1.82. The van der Waals surface area contributed by atoms with Gasteiger partial charge in [-0.15, -0.1) is 0 Å². The number of hydrogen-bond acceptors (Lipinski definition) is 5. The lowest BCUT2D eigenvalue weighted by Gasteiger charge is -2.35. The normalized spacial score (nSPS) is 16.2. The van der Waals surface area contributed by atoms with Gasteiger partial charge in [0.1, 0.15) is 11.4 Å². The second-order valence-electron chi connectivity index (χ2n) is 4.94. The van der Waals surface area contributed by atoms with Gasteiger partial charge in [-0.2, -0.15) is 0 Å². The molecule has 6 heteroatoms. The van der Waals surface area contributed by atoms with Crippen molar-refractivity contribution in [3.05, 3.63) is 28.3 Å². The number of nitro groups is 1. The van der Waals surface area contributed by atoms with Crippen LogP contribution in [0.25, 0.3) is 0 Å². The first kappa shape index (κ1) is 14.6. The number of hydrogen-bond donors (Lipinski definition) is 0. The third kappa shape index (κ3) is 3.19. The van der Waals surface area contributed by atoms with Crippen molar-refractivity contribution >= 4 is 11.4 Å². The summed E-state index contributed by atoms with van der Waals surface area (Å²) in [6.45, 7) is 6.83. The van der Waals surface area contributed by atoms with Crippen molar-refractivity contribution in [2.45, 2.75) is 13.3 Å². The van der Waals surface area contributed by atoms with Gasteiger partial charge < -0.3 is 9.64 Å². The van der Waals surface area contributed by atoms with Gasteiger partial charge in [-0.3, -0.25) is 15.0 Å². The van der Waals surface area contributed by atoms with Gasteiger partial charge in [-0.1, -0.05) is 6.92 Å². The summed E-state index contributed by atoms with van der Waals surface area (Å²) in [6, 6.07) is 5.06. The van der Waals surface area contributed by atoms with E-state index in [9.17, 15) is 10.1 Å². The van der Waals surface area contributed by atoms with E-state index >= 15 is 0 Å². The van der Waals surface area contributed by atoms with Crippen molar-refractivity contribution in [1.82, 2.24) is 4.90 Å². The van der Waals surface area contributed by atoms with Crippen LogP contribution in [0.15, 0.2) is 18.2 Å². The molecule has 0 aliphatic carbocycles. The van der Waals surface area contributed by atoms with E-state index in [1.165, 1.54) is 13.2 Å². The second kappa shape index (κ2) is 6.56. The number of piperazine rings is 1. The molecule has 0 radical (unpaired) electrons. The molecule has 0 saturated carbocycles. The van der Waals surface area contributed by atoms with Crippen LogP contribution in [0.1, 0.15) is 13.3 Å². The number of rotatable bonds is 5. The molecule has 0 amide bonds. The number of anilines is 1. The van der Waals surface area contributed by atoms with Crippen molar-refractivity contribution in [3.8, 4) is 5.75 Å². The molecule has 6 nitrogen and oxygen atoms in total. The van der Waals surface area contributed by atoms with Crippen LogP contribution < -0.4 is 9.64 Å². The van der Waals surface area contributed by atoms with Crippen molar-refractivity contribution in [3.63, 3.8) is 0 Å². The van der Waals surface area contributed by atoms with Crippen molar-refractivity contribution in [1.29, 1.82) is 0 Å². The highest BCUT2D eigenvalue weighted by Crippen LogP contribution is 2.32. The van der Waals surface area contributed by atoms with Gasteiger partial charge in [0.25, 0.3) is 5.69 Å². The zero-order valence-electron chi connectivity index (χ0n) is 12.0. The quantitative estimate of drug-likeness (QED) is 0.610. The number of nitrogens with zero attached hydrogens (tertiary/aromatic N) is 3. The molecule has 0 N–H and O–H groups in total. The van der Waals surface area contributed by atoms with E-state index in [-0.39, 0.29) is 10.6 Å². The summed E-state index contributed by atoms with van der Waals surface area (Å²) in [4.78, 5) is 15.4. The molecule has 1 aromatic carbocycles. The molecule has 1 saturated heterocycles. The highest BCUT2D eigenvalue weighted by Gasteiger charge is 2.23. The molecule has 1 aliphatic rings. The maximum atomic E-state index is 11.2. The van der Waals surface area contributed by atoms with Crippen LogP contribution in [0.5, 0.6) is 5.75 Å². The summed E-state index contributed by atoms with van der Waals surface area (Å²) >= 11 is 0. The molecule has 1 aliphatic heterocycles. The van der Waals surface area contributed by atoms with Crippen molar-refractivity contribution < 1.29 is 9.66 Å². The van der Waals surface area contributed by atoms with E-state index in [2.05, 4.69) is 16.7 Å². The monoisotopic (exact) mass is 279 g/mol. The Kier molecular flexibility index (Phi) is 4.79. The minimum Gasteiger partial charge on any atom is -0.496 e. The molecule has 1 heterocycles. The molecule has 1 aromatic rings. The Morgan fingerprint density at radius 2 is 2.00 bits per heavy atom. The van der Waals surface area contributed by atoms with E-state index in [0.717, 1.165) is 39.1 Å². The lowest BCUT2D eigenvalue weighted by molar-refractivity contribution is -0.384. The summed E-state index contributed by atoms with van der Waals surface area (Å²) in [5.74, 6) is 0.519. The van der Waals surface area contributed by atoms with Crippen molar-refractivity contribution in [2.24, 2.45) is 0 Å². The lowest BCUT2D eigenvalue weighted by Crippen LogP contribution is -2.46. The highest BCUT2D eigenvalue weighted by molar-refractivity contribution is 5.65. The maximum absolute atomic E-state index is 11.2. The molecular weight excluding hydrogens is 258 g/mol. The molecule has 0 spiro atoms. The Morgan fingerprint density at radius 1 is 1.30 bits per heavy atom. The van der Waals surface area contributed by atoms with E-state index in [1.54, 1.807) is 12.1 Å². The number of nitro benzene ring substituents is 1. The molecule has 1 fully saturated rings. The average molecular weight is 279 g/mol. The Bertz CT molecular complexity index is 471. The molecule has 0 bridgehead atoms. The van der Waals surface area contributed by atoms with Gasteiger partial charge in [0.05, 0.1) is 18.1 Å². The van der Waals surface area contributed by atoms with E-state index in [1.807, 2.05) is 0 Å². The van der Waals surface area contributed by atoms with Crippen LogP contribution in [0.3, 0.4) is 0 Å². The van der Waals surface area contributed by atoms with Crippen LogP contribution in [0.4, 0.5) is 11.4 Å². The van der Waals surface area contributed by atoms with Gasteiger partial charge in [0.2, 0.25) is 0 Å². The predicted molar refractivity (Wildman–Crippen MR) is 78.6 cm³/mol. The van der Waals surface area contributed by atoms with E-state index in [0.29, 0.717) is 11.4 Å². The average Bonchev–Trinajstić information content (AvgIpc) is 2.48. The minimum absolute atomic E-state index is 0.119. The third-order valence-corrected chi connectivity index (χ3v) is 3.63. The molecular formula is C14H21N3O3. The number of methoxy groups -OCH3 is 1. The molecule has 2 rings (SSSR count). The summed E-state index contributed by atoms with van der Waals surface area (Å²) in [6.07, 6.45) is 1.14. The largest absolute Gasteiger partial charge is 0.496 e. The lowest BCUT2D eigenvalue weighted by atomic mass is 10.2. The smallest absolute Gasteiger partial charge is 0.296 e. The Labute approximate surface area is 119 Å². The van der Waals surface area contributed by atoms with Crippen LogP contribution in [0, 0.1) is 10.1 Å². The molecule has 110 valence electrons. The fourth-order valence-electron chi connectivity index (χ4n) is 2.57. The van der Waals surface area contributed by atoms with Crippen LogP contribution >= 0.6 is 0 Å². The zero-order chi connectivity index (χ0) is 14.5. The van der Waals surface area contributed by atoms with Crippen molar-refractivity contribution in [2.75, 3.05) is 44.7 Å².